The maximum atomic E-state index is 13.4. The molecule has 11 heteroatoms. The van der Waals surface area contributed by atoms with Gasteiger partial charge in [0.15, 0.2) is 0 Å². The molecule has 1 aliphatic carbocycles. The van der Waals surface area contributed by atoms with Gasteiger partial charge in [0.2, 0.25) is 0 Å². The molecular formula is C32H27ClF3N3O4. The van der Waals surface area contributed by atoms with Crippen LogP contribution in [0.3, 0.4) is 0 Å². The highest BCUT2D eigenvalue weighted by atomic mass is 35.5. The van der Waals surface area contributed by atoms with Crippen LogP contribution in [-0.4, -0.2) is 38.7 Å². The molecule has 1 aliphatic rings. The van der Waals surface area contributed by atoms with Crippen molar-refractivity contribution in [3.63, 3.8) is 0 Å². The maximum Gasteiger partial charge on any atom is 0.573 e. The molecule has 222 valence electrons. The SMILES string of the molecule is CCCC(NC(=O)c1ccc(C2C(c3nc4ccccc4[nH]3)=CC=C[C@@H]2Cl)c(C(=O)O)c1)c1ccccc1OC(F)(F)F. The number of ether oxygens (including phenoxy) is 1. The zero-order chi connectivity index (χ0) is 30.7. The highest BCUT2D eigenvalue weighted by Crippen LogP contribution is 2.41. The van der Waals surface area contributed by atoms with Gasteiger partial charge in [-0.2, -0.15) is 0 Å². The van der Waals surface area contributed by atoms with Crippen LogP contribution in [0.1, 0.15) is 69.4 Å². The number of carbonyl (C=O) groups excluding carboxylic acids is 1. The van der Waals surface area contributed by atoms with E-state index >= 15 is 0 Å². The molecule has 1 heterocycles. The summed E-state index contributed by atoms with van der Waals surface area (Å²) in [4.78, 5) is 33.8. The third kappa shape index (κ3) is 6.59. The number of aromatic carboxylic acids is 1. The van der Waals surface area contributed by atoms with Crippen molar-refractivity contribution in [3.05, 3.63) is 113 Å². The number of nitrogens with one attached hydrogen (secondary N) is 2. The Bertz CT molecular complexity index is 1700. The number of hydrogen-bond donors (Lipinski definition) is 3. The van der Waals surface area contributed by atoms with E-state index < -0.39 is 41.3 Å². The van der Waals surface area contributed by atoms with Crippen LogP contribution in [0.2, 0.25) is 0 Å². The third-order valence-electron chi connectivity index (χ3n) is 7.17. The lowest BCUT2D eigenvalue weighted by molar-refractivity contribution is -0.275. The first kappa shape index (κ1) is 29.9. The lowest BCUT2D eigenvalue weighted by Gasteiger charge is -2.27. The molecule has 7 nitrogen and oxygen atoms in total. The smallest absolute Gasteiger partial charge is 0.478 e. The number of carboxylic acids is 1. The molecule has 2 unspecified atom stereocenters. The van der Waals surface area contributed by atoms with E-state index in [0.717, 1.165) is 11.0 Å². The van der Waals surface area contributed by atoms with E-state index in [4.69, 9.17) is 11.6 Å². The van der Waals surface area contributed by atoms with E-state index in [1.165, 1.54) is 30.3 Å². The molecule has 1 aromatic heterocycles. The number of allylic oxidation sites excluding steroid dienone is 4. The zero-order valence-electron chi connectivity index (χ0n) is 22.9. The predicted molar refractivity (Wildman–Crippen MR) is 157 cm³/mol. The average molecular weight is 610 g/mol. The minimum atomic E-state index is -4.91. The predicted octanol–water partition coefficient (Wildman–Crippen LogP) is 7.78. The number of fused-ring (bicyclic) bond motifs is 1. The van der Waals surface area contributed by atoms with E-state index in [-0.39, 0.29) is 16.7 Å². The highest BCUT2D eigenvalue weighted by molar-refractivity contribution is 6.23. The fourth-order valence-corrected chi connectivity index (χ4v) is 5.64. The van der Waals surface area contributed by atoms with Crippen molar-refractivity contribution >= 4 is 40.1 Å². The van der Waals surface area contributed by atoms with Gasteiger partial charge in [0.1, 0.15) is 11.6 Å². The molecule has 0 saturated carbocycles. The zero-order valence-corrected chi connectivity index (χ0v) is 23.6. The molecule has 0 spiro atoms. The number of aromatic nitrogens is 2. The van der Waals surface area contributed by atoms with Gasteiger partial charge in [-0.15, -0.1) is 24.8 Å². The monoisotopic (exact) mass is 609 g/mol. The van der Waals surface area contributed by atoms with Gasteiger partial charge in [0.05, 0.1) is 28.0 Å². The van der Waals surface area contributed by atoms with Gasteiger partial charge in [-0.05, 0) is 42.3 Å². The van der Waals surface area contributed by atoms with Crippen LogP contribution in [0.5, 0.6) is 5.75 Å². The van der Waals surface area contributed by atoms with Gasteiger partial charge in [-0.3, -0.25) is 4.79 Å². The number of halogens is 4. The highest BCUT2D eigenvalue weighted by Gasteiger charge is 2.34. The van der Waals surface area contributed by atoms with Gasteiger partial charge < -0.3 is 20.1 Å². The van der Waals surface area contributed by atoms with Crippen LogP contribution in [0.4, 0.5) is 13.2 Å². The summed E-state index contributed by atoms with van der Waals surface area (Å²) >= 11 is 6.74. The van der Waals surface area contributed by atoms with E-state index in [2.05, 4.69) is 20.0 Å². The second kappa shape index (κ2) is 12.3. The van der Waals surface area contributed by atoms with Crippen molar-refractivity contribution in [2.45, 2.75) is 43.5 Å². The molecule has 3 N–H and O–H groups in total. The Morgan fingerprint density at radius 3 is 2.58 bits per heavy atom. The second-order valence-corrected chi connectivity index (χ2v) is 10.5. The Balaban J connectivity index is 1.47. The molecular weight excluding hydrogens is 583 g/mol. The second-order valence-electron chi connectivity index (χ2n) is 10.0. The third-order valence-corrected chi connectivity index (χ3v) is 7.57. The van der Waals surface area contributed by atoms with Crippen molar-refractivity contribution in [2.75, 3.05) is 0 Å². The Morgan fingerprint density at radius 1 is 1.12 bits per heavy atom. The number of carboxylic acid groups (broad SMARTS) is 1. The number of aromatic amines is 1. The summed E-state index contributed by atoms with van der Waals surface area (Å²) in [5.74, 6) is -2.38. The fraction of sp³-hybridized carbons (Fsp3) is 0.219. The van der Waals surface area contributed by atoms with E-state index in [9.17, 15) is 27.9 Å². The number of hydrogen-bond acceptors (Lipinski definition) is 4. The minimum absolute atomic E-state index is 0.0308. The summed E-state index contributed by atoms with van der Waals surface area (Å²) in [5.41, 5.74) is 2.68. The summed E-state index contributed by atoms with van der Waals surface area (Å²) in [5, 5.41) is 12.3. The van der Waals surface area contributed by atoms with Crippen LogP contribution in [-0.2, 0) is 0 Å². The molecule has 0 radical (unpaired) electrons. The molecule has 3 atom stereocenters. The van der Waals surface area contributed by atoms with Gasteiger partial charge in [0.25, 0.3) is 5.91 Å². The molecule has 0 fully saturated rings. The van der Waals surface area contributed by atoms with E-state index in [1.54, 1.807) is 24.3 Å². The van der Waals surface area contributed by atoms with Crippen LogP contribution < -0.4 is 10.1 Å². The van der Waals surface area contributed by atoms with Crippen molar-refractivity contribution in [1.29, 1.82) is 0 Å². The standard InChI is InChI=1S/C32H27ClF3N3O4/c1-2-8-24(20-9-3-6-14-27(20)43-32(34,35)36)39-30(40)18-15-16-19(22(17-18)31(41)42)28-21(10-7-11-23(28)33)29-37-25-12-4-5-13-26(25)38-29/h3-7,9-17,23-24,28H,2,8H2,1H3,(H,37,38)(H,39,40)(H,41,42)/t23-,24?,28?/m0/s1. The van der Waals surface area contributed by atoms with E-state index in [0.29, 0.717) is 29.8 Å². The van der Waals surface area contributed by atoms with Crippen LogP contribution in [0, 0.1) is 0 Å². The molecule has 4 aromatic rings. The molecule has 0 saturated heterocycles. The van der Waals surface area contributed by atoms with Crippen molar-refractivity contribution in [1.82, 2.24) is 15.3 Å². The summed E-state index contributed by atoms with van der Waals surface area (Å²) in [6.45, 7) is 1.83. The number of nitrogens with zero attached hydrogens (tertiary/aromatic N) is 1. The Labute approximate surface area is 250 Å². The summed E-state index contributed by atoms with van der Waals surface area (Å²) in [7, 11) is 0. The van der Waals surface area contributed by atoms with Crippen LogP contribution in [0.25, 0.3) is 16.6 Å². The van der Waals surface area contributed by atoms with Gasteiger partial charge in [0, 0.05) is 22.6 Å². The van der Waals surface area contributed by atoms with Gasteiger partial charge >= 0.3 is 12.3 Å². The number of carbonyl (C=O) groups is 2. The average Bonchev–Trinajstić information content (AvgIpc) is 3.40. The molecule has 1 amide bonds. The molecule has 3 aromatic carbocycles. The summed E-state index contributed by atoms with van der Waals surface area (Å²) < 4.78 is 43.3. The number of amides is 1. The Hall–Kier alpha value is -4.57. The molecule has 43 heavy (non-hydrogen) atoms. The number of rotatable bonds is 9. The Kier molecular flexibility index (Phi) is 8.59. The molecule has 5 rings (SSSR count). The van der Waals surface area contributed by atoms with Crippen molar-refractivity contribution < 1.29 is 32.6 Å². The number of benzene rings is 3. The first-order valence-electron chi connectivity index (χ1n) is 13.6. The number of alkyl halides is 4. The van der Waals surface area contributed by atoms with Gasteiger partial charge in [-0.1, -0.05) is 68.0 Å². The number of para-hydroxylation sites is 3. The lowest BCUT2D eigenvalue weighted by atomic mass is 9.81. The van der Waals surface area contributed by atoms with E-state index in [1.807, 2.05) is 37.3 Å². The number of H-pyrrole nitrogens is 1. The molecule has 0 bridgehead atoms. The minimum Gasteiger partial charge on any atom is -0.478 e. The quantitative estimate of drug-likeness (QED) is 0.168. The van der Waals surface area contributed by atoms with Crippen LogP contribution >= 0.6 is 11.6 Å². The van der Waals surface area contributed by atoms with Gasteiger partial charge in [-0.25, -0.2) is 9.78 Å². The van der Waals surface area contributed by atoms with Crippen LogP contribution in [0.15, 0.2) is 85.0 Å². The normalized spacial score (nSPS) is 17.4. The number of imidazole rings is 1. The Morgan fingerprint density at radius 2 is 1.86 bits per heavy atom. The fourth-order valence-electron chi connectivity index (χ4n) is 5.28. The lowest BCUT2D eigenvalue weighted by Crippen LogP contribution is -2.30. The maximum absolute atomic E-state index is 13.4. The largest absolute Gasteiger partial charge is 0.573 e. The first-order chi connectivity index (χ1) is 20.6. The topological polar surface area (TPSA) is 104 Å². The first-order valence-corrected chi connectivity index (χ1v) is 14.0. The summed E-state index contributed by atoms with van der Waals surface area (Å²) in [6, 6.07) is 16.5. The van der Waals surface area contributed by atoms with Crippen molar-refractivity contribution in [2.24, 2.45) is 0 Å². The van der Waals surface area contributed by atoms with Crippen molar-refractivity contribution in [3.8, 4) is 5.75 Å². The molecule has 0 aliphatic heterocycles. The summed E-state index contributed by atoms with van der Waals surface area (Å²) in [6.07, 6.45) is 1.32.